The zero-order valence-electron chi connectivity index (χ0n) is 27.1. The van der Waals surface area contributed by atoms with Gasteiger partial charge >= 0.3 is 6.01 Å². The van der Waals surface area contributed by atoms with E-state index < -0.39 is 5.82 Å². The number of likely N-dealkylation sites (N-methyl/N-ethyl adjacent to an activating group) is 1. The van der Waals surface area contributed by atoms with Crippen molar-refractivity contribution in [3.8, 4) is 23.3 Å². The molecule has 3 N–H and O–H groups in total. The lowest BCUT2D eigenvalue weighted by Crippen LogP contribution is -2.54. The highest BCUT2D eigenvalue weighted by molar-refractivity contribution is 7.23. The number of ether oxygens (including phenoxy) is 2. The second kappa shape index (κ2) is 11.5. The average molecular weight is 657 g/mol. The van der Waals surface area contributed by atoms with E-state index in [1.54, 1.807) is 12.3 Å². The molecule has 0 amide bonds. The lowest BCUT2D eigenvalue weighted by atomic mass is 9.75. The quantitative estimate of drug-likeness (QED) is 0.221. The number of halogens is 1. The van der Waals surface area contributed by atoms with Crippen molar-refractivity contribution < 1.29 is 13.9 Å². The predicted octanol–water partition coefficient (Wildman–Crippen LogP) is 5.67. The number of fused-ring (bicyclic) bond motifs is 2. The standard InChI is InChI=1S/C35H41FN8O2S/c1-43(2)35(6-3-7-35)17-40-31-24-16-39-26(22-4-5-25(36)29-28(22)23(15-37)30(38)47-29)14-27(24)41-32(42-31)46-21-34(10-11-34)19-44-12-13-45-20-33(18-44)8-9-33/h4-5,14,16H,3,6-13,17-21,38H2,1-2H3,(H,40,41,42). The van der Waals surface area contributed by atoms with Gasteiger partial charge in [-0.2, -0.15) is 15.2 Å². The lowest BCUT2D eigenvalue weighted by molar-refractivity contribution is 0.0738. The van der Waals surface area contributed by atoms with Crippen molar-refractivity contribution >= 4 is 43.1 Å². The normalized spacial score (nSPS) is 21.0. The summed E-state index contributed by atoms with van der Waals surface area (Å²) < 4.78 is 27.5. The highest BCUT2D eigenvalue weighted by Gasteiger charge is 2.49. The highest BCUT2D eigenvalue weighted by atomic mass is 32.1. The van der Waals surface area contributed by atoms with E-state index in [1.807, 2.05) is 6.07 Å². The number of nitrogens with one attached hydrogen (secondary N) is 1. The summed E-state index contributed by atoms with van der Waals surface area (Å²) in [7, 11) is 4.27. The van der Waals surface area contributed by atoms with Crippen LogP contribution in [-0.2, 0) is 4.74 Å². The Morgan fingerprint density at radius 2 is 2.02 bits per heavy atom. The number of thiophene rings is 1. The van der Waals surface area contributed by atoms with Crippen molar-refractivity contribution in [3.05, 3.63) is 35.8 Å². The molecule has 3 saturated carbocycles. The van der Waals surface area contributed by atoms with Crippen LogP contribution < -0.4 is 15.8 Å². The molecule has 1 aliphatic heterocycles. The average Bonchev–Trinajstić information content (AvgIpc) is 3.96. The summed E-state index contributed by atoms with van der Waals surface area (Å²) in [6.45, 7) is 6.06. The molecule has 10 nitrogen and oxygen atoms in total. The molecule has 0 atom stereocenters. The van der Waals surface area contributed by atoms with Crippen LogP contribution >= 0.6 is 11.3 Å². The van der Waals surface area contributed by atoms with Gasteiger partial charge in [-0.1, -0.05) is 0 Å². The van der Waals surface area contributed by atoms with E-state index in [0.717, 1.165) is 81.8 Å². The van der Waals surface area contributed by atoms with E-state index >= 15 is 0 Å². The van der Waals surface area contributed by atoms with Crippen molar-refractivity contribution in [1.29, 1.82) is 5.26 Å². The molecular formula is C35H41FN8O2S. The molecule has 4 aromatic rings. The fraction of sp³-hybridized carbons (Fsp3) is 0.543. The molecule has 3 aliphatic carbocycles. The zero-order chi connectivity index (χ0) is 32.4. The fourth-order valence-electron chi connectivity index (χ4n) is 7.39. The number of aromatic nitrogens is 3. The number of nitrogen functional groups attached to an aromatic ring is 1. The van der Waals surface area contributed by atoms with E-state index in [-0.39, 0.29) is 16.5 Å². The largest absolute Gasteiger partial charge is 0.463 e. The minimum atomic E-state index is -0.410. The summed E-state index contributed by atoms with van der Waals surface area (Å²) in [6.07, 6.45) is 10.00. The molecule has 0 unspecified atom stereocenters. The molecule has 8 rings (SSSR count). The van der Waals surface area contributed by atoms with Gasteiger partial charge in [-0.3, -0.25) is 9.88 Å². The molecule has 1 aromatic carbocycles. The van der Waals surface area contributed by atoms with E-state index in [1.165, 1.54) is 25.3 Å². The van der Waals surface area contributed by atoms with Crippen LogP contribution in [0.3, 0.4) is 0 Å². The van der Waals surface area contributed by atoms with Crippen LogP contribution in [0.25, 0.3) is 32.2 Å². The van der Waals surface area contributed by atoms with Crippen LogP contribution in [0.5, 0.6) is 6.01 Å². The van der Waals surface area contributed by atoms with Crippen LogP contribution in [0.4, 0.5) is 15.2 Å². The Balaban J connectivity index is 1.12. The van der Waals surface area contributed by atoms with Gasteiger partial charge in [0.25, 0.3) is 0 Å². The summed E-state index contributed by atoms with van der Waals surface area (Å²) in [5.41, 5.74) is 8.81. The first-order valence-corrected chi connectivity index (χ1v) is 17.5. The van der Waals surface area contributed by atoms with Gasteiger partial charge in [0.05, 0.1) is 46.7 Å². The Morgan fingerprint density at radius 3 is 2.72 bits per heavy atom. The number of hydrogen-bond donors (Lipinski definition) is 2. The maximum Gasteiger partial charge on any atom is 0.318 e. The molecule has 4 heterocycles. The number of nitrogens with zero attached hydrogens (tertiary/aromatic N) is 6. The molecule has 0 radical (unpaired) electrons. The summed E-state index contributed by atoms with van der Waals surface area (Å²) >= 11 is 1.08. The van der Waals surface area contributed by atoms with Gasteiger partial charge in [-0.05, 0) is 77.2 Å². The summed E-state index contributed by atoms with van der Waals surface area (Å²) in [5.74, 6) is 0.274. The molecule has 3 aromatic heterocycles. The minimum absolute atomic E-state index is 0.0752. The van der Waals surface area contributed by atoms with E-state index in [0.29, 0.717) is 55.7 Å². The van der Waals surface area contributed by atoms with Crippen LogP contribution in [0.2, 0.25) is 0 Å². The van der Waals surface area contributed by atoms with Gasteiger partial charge in [0, 0.05) is 59.7 Å². The van der Waals surface area contributed by atoms with Crippen molar-refractivity contribution in [3.63, 3.8) is 0 Å². The Morgan fingerprint density at radius 1 is 1.19 bits per heavy atom. The summed E-state index contributed by atoms with van der Waals surface area (Å²) in [6, 6.07) is 7.42. The first-order chi connectivity index (χ1) is 22.7. The number of rotatable bonds is 10. The lowest BCUT2D eigenvalue weighted by Gasteiger charge is -2.47. The van der Waals surface area contributed by atoms with Crippen molar-refractivity contribution in [1.82, 2.24) is 24.8 Å². The second-order valence-electron chi connectivity index (χ2n) is 14.6. The number of hydrogen-bond acceptors (Lipinski definition) is 11. The van der Waals surface area contributed by atoms with Gasteiger partial charge in [-0.15, -0.1) is 11.3 Å². The SMILES string of the molecule is CN(C)C1(CNc2nc(OCC3(CN4CCOCC5(CC5)C4)CC3)nc3cc(-c4ccc(F)c5sc(N)c(C#N)c45)ncc23)CCC1. The number of anilines is 2. The number of benzene rings is 1. The Hall–Kier alpha value is -3.63. The molecule has 47 heavy (non-hydrogen) atoms. The minimum Gasteiger partial charge on any atom is -0.463 e. The van der Waals surface area contributed by atoms with Crippen LogP contribution in [0.1, 0.15) is 50.5 Å². The zero-order valence-corrected chi connectivity index (χ0v) is 27.9. The molecule has 246 valence electrons. The topological polar surface area (TPSA) is 125 Å². The van der Waals surface area contributed by atoms with Gasteiger partial charge in [-0.25, -0.2) is 4.39 Å². The first kappa shape index (κ1) is 30.7. The molecule has 4 fully saturated rings. The summed E-state index contributed by atoms with van der Waals surface area (Å²) in [5, 5.41) is 15.0. The number of nitriles is 1. The number of pyridine rings is 1. The molecule has 4 aliphatic rings. The van der Waals surface area contributed by atoms with Crippen molar-refractivity contribution in [2.24, 2.45) is 10.8 Å². The third-order valence-electron chi connectivity index (χ3n) is 11.1. The van der Waals surface area contributed by atoms with Crippen molar-refractivity contribution in [2.45, 2.75) is 50.5 Å². The molecule has 0 bridgehead atoms. The van der Waals surface area contributed by atoms with Crippen LogP contribution in [-0.4, -0.2) is 90.4 Å². The fourth-order valence-corrected chi connectivity index (χ4v) is 8.34. The smallest absolute Gasteiger partial charge is 0.318 e. The Labute approximate surface area is 278 Å². The third-order valence-corrected chi connectivity index (χ3v) is 12.1. The molecular weight excluding hydrogens is 616 g/mol. The maximum absolute atomic E-state index is 14.8. The van der Waals surface area contributed by atoms with E-state index in [4.69, 9.17) is 30.2 Å². The molecule has 1 spiro atoms. The van der Waals surface area contributed by atoms with E-state index in [2.05, 4.69) is 35.3 Å². The van der Waals surface area contributed by atoms with Gasteiger partial charge in [0.1, 0.15) is 22.7 Å². The van der Waals surface area contributed by atoms with Crippen LogP contribution in [0, 0.1) is 28.0 Å². The predicted molar refractivity (Wildman–Crippen MR) is 182 cm³/mol. The first-order valence-electron chi connectivity index (χ1n) is 16.6. The monoisotopic (exact) mass is 656 g/mol. The second-order valence-corrected chi connectivity index (χ2v) is 15.6. The third kappa shape index (κ3) is 5.67. The number of nitrogens with two attached hydrogens (primary N) is 1. The van der Waals surface area contributed by atoms with Gasteiger partial charge in [0.2, 0.25) is 0 Å². The van der Waals surface area contributed by atoms with Crippen LogP contribution in [0.15, 0.2) is 24.4 Å². The van der Waals surface area contributed by atoms with Gasteiger partial charge in [0.15, 0.2) is 0 Å². The Kier molecular flexibility index (Phi) is 7.52. The summed E-state index contributed by atoms with van der Waals surface area (Å²) in [4.78, 5) is 19.4. The highest BCUT2D eigenvalue weighted by Crippen LogP contribution is 2.51. The molecule has 12 heteroatoms. The Bertz CT molecular complexity index is 1890. The van der Waals surface area contributed by atoms with Gasteiger partial charge < -0.3 is 25.4 Å². The maximum atomic E-state index is 14.8. The van der Waals surface area contributed by atoms with Crippen molar-refractivity contribution in [2.75, 3.05) is 71.1 Å². The molecule has 1 saturated heterocycles. The van der Waals surface area contributed by atoms with E-state index in [9.17, 15) is 9.65 Å².